The lowest BCUT2D eigenvalue weighted by atomic mass is 10.1. The molecular weight excluding hydrogens is 631 g/mol. The van der Waals surface area contributed by atoms with Crippen molar-refractivity contribution < 1.29 is 54.4 Å². The number of hydrogen-bond acceptors (Lipinski definition) is 10. The summed E-state index contributed by atoms with van der Waals surface area (Å²) in [5.41, 5.74) is -2.14. The van der Waals surface area contributed by atoms with Gasteiger partial charge in [0.2, 0.25) is 0 Å². The van der Waals surface area contributed by atoms with Crippen LogP contribution in [-0.2, 0) is 51.3 Å². The van der Waals surface area contributed by atoms with Gasteiger partial charge in [-0.2, -0.15) is 21.6 Å². The molecule has 14 heteroatoms. The maximum Gasteiger partial charge on any atom is 0.523 e. The average molecular weight is 672 g/mol. The second-order valence-corrected chi connectivity index (χ2v) is 9.86. The fourth-order valence-electron chi connectivity index (χ4n) is 2.64. The molecule has 46 heavy (non-hydrogen) atoms. The van der Waals surface area contributed by atoms with Crippen molar-refractivity contribution >= 4 is 34.2 Å². The molecule has 0 saturated carbocycles. The number of esters is 3. The highest BCUT2D eigenvalue weighted by molar-refractivity contribution is 7.87. The maximum absolute atomic E-state index is 11.8. The van der Waals surface area contributed by atoms with Gasteiger partial charge in [0.25, 0.3) is 0 Å². The van der Waals surface area contributed by atoms with E-state index < -0.39 is 27.6 Å². The van der Waals surface area contributed by atoms with E-state index in [1.807, 2.05) is 93.6 Å². The molecular formula is C32H40F3NO9S. The predicted octanol–water partition coefficient (Wildman–Crippen LogP) is 6.81. The van der Waals surface area contributed by atoms with E-state index in [-0.39, 0.29) is 19.2 Å². The van der Waals surface area contributed by atoms with Crippen LogP contribution in [0.3, 0.4) is 0 Å². The van der Waals surface area contributed by atoms with E-state index in [1.165, 1.54) is 13.1 Å². The fraction of sp³-hybridized carbons (Fsp3) is 0.312. The molecule has 3 aromatic rings. The van der Waals surface area contributed by atoms with Gasteiger partial charge in [-0.1, -0.05) is 92.7 Å². The number of aryl methyl sites for hydroxylation is 1. The first-order valence-corrected chi connectivity index (χ1v) is 15.0. The minimum atomic E-state index is -5.34. The molecule has 10 nitrogen and oxygen atoms in total. The lowest BCUT2D eigenvalue weighted by Crippen LogP contribution is -2.23. The Morgan fingerprint density at radius 3 is 1.57 bits per heavy atom. The zero-order chi connectivity index (χ0) is 35.6. The van der Waals surface area contributed by atoms with Crippen molar-refractivity contribution in [1.29, 1.82) is 5.41 Å². The molecule has 0 heterocycles. The van der Waals surface area contributed by atoms with E-state index in [0.29, 0.717) is 19.3 Å². The molecule has 0 unspecified atom stereocenters. The standard InChI is InChI=1S/C17H16O4.C9H10O2.C2H3F3O3S.C2H5N.C2H6/c1-13-7-5-6-10-15(13)17(19)21-12-16(18)20-11-14-8-3-2-4-9-14;1-8(10)11-7-9-5-3-2-4-6-9;1-8-9(6,7)2(3,4)5;1-2-3;1-2/h2-10H,11-12H2,1H3;2-6H,7H2,1H3;1H3;2-3H,1H3;1-2H3. The largest absolute Gasteiger partial charge is 0.523 e. The van der Waals surface area contributed by atoms with Gasteiger partial charge in [-0.05, 0) is 42.8 Å². The Balaban J connectivity index is 0. The van der Waals surface area contributed by atoms with Crippen LogP contribution in [-0.4, -0.2) is 51.8 Å². The number of halogens is 3. The second-order valence-electron chi connectivity index (χ2n) is 8.16. The van der Waals surface area contributed by atoms with E-state index in [4.69, 9.17) is 19.6 Å². The number of carbonyl (C=O) groups is 3. The van der Waals surface area contributed by atoms with Crippen molar-refractivity contribution in [2.45, 2.75) is 53.3 Å². The van der Waals surface area contributed by atoms with Gasteiger partial charge in [-0.25, -0.2) is 9.59 Å². The third kappa shape index (κ3) is 20.4. The molecule has 0 radical (unpaired) electrons. The molecule has 0 atom stereocenters. The van der Waals surface area contributed by atoms with E-state index in [1.54, 1.807) is 19.1 Å². The molecule has 0 saturated heterocycles. The van der Waals surface area contributed by atoms with Crippen molar-refractivity contribution in [2.75, 3.05) is 13.7 Å². The maximum atomic E-state index is 11.8. The lowest BCUT2D eigenvalue weighted by molar-refractivity contribution is -0.148. The number of nitrogens with one attached hydrogen (secondary N) is 1. The molecule has 0 fully saturated rings. The van der Waals surface area contributed by atoms with E-state index >= 15 is 0 Å². The summed E-state index contributed by atoms with van der Waals surface area (Å²) in [5.74, 6) is -1.33. The average Bonchev–Trinajstić information content (AvgIpc) is 3.04. The van der Waals surface area contributed by atoms with Gasteiger partial charge in [0, 0.05) is 6.92 Å². The number of alkyl halides is 3. The summed E-state index contributed by atoms with van der Waals surface area (Å²) in [5, 5.41) is 6.08. The topological polar surface area (TPSA) is 146 Å². The Hall–Kier alpha value is -4.56. The van der Waals surface area contributed by atoms with Gasteiger partial charge < -0.3 is 19.6 Å². The highest BCUT2D eigenvalue weighted by atomic mass is 32.2. The second kappa shape index (κ2) is 24.7. The van der Waals surface area contributed by atoms with Gasteiger partial charge in [0.05, 0.1) is 12.7 Å². The molecule has 1 N–H and O–H groups in total. The Labute approximate surface area is 268 Å². The summed E-state index contributed by atoms with van der Waals surface area (Å²) in [4.78, 5) is 33.7. The molecule has 0 aromatic heterocycles. The molecule has 254 valence electrons. The molecule has 3 rings (SSSR count). The van der Waals surface area contributed by atoms with Crippen LogP contribution in [0.25, 0.3) is 0 Å². The quantitative estimate of drug-likeness (QED) is 0.0897. The summed E-state index contributed by atoms with van der Waals surface area (Å²) >= 11 is 0. The SMILES string of the molecule is CC.CC(=O)OCc1ccccc1.CC=N.COS(=O)(=O)C(F)(F)F.Cc1ccccc1C(=O)OCC(=O)OCc1ccccc1. The summed E-state index contributed by atoms with van der Waals surface area (Å²) < 4.78 is 70.6. The molecule has 0 aliphatic heterocycles. The number of hydrogen-bond donors (Lipinski definition) is 1. The highest BCUT2D eigenvalue weighted by Gasteiger charge is 2.46. The smallest absolute Gasteiger partial charge is 0.461 e. The monoisotopic (exact) mass is 671 g/mol. The first kappa shape index (κ1) is 43.6. The van der Waals surface area contributed by atoms with Crippen LogP contribution in [0, 0.1) is 12.3 Å². The Morgan fingerprint density at radius 1 is 0.783 bits per heavy atom. The van der Waals surface area contributed by atoms with E-state index in [2.05, 4.69) is 4.18 Å². The van der Waals surface area contributed by atoms with Crippen LogP contribution in [0.15, 0.2) is 84.9 Å². The van der Waals surface area contributed by atoms with Crippen LogP contribution in [0.5, 0.6) is 0 Å². The summed E-state index contributed by atoms with van der Waals surface area (Å²) in [6, 6.07) is 26.0. The van der Waals surface area contributed by atoms with Crippen LogP contribution >= 0.6 is 0 Å². The number of benzene rings is 3. The Morgan fingerprint density at radius 2 is 1.20 bits per heavy atom. The van der Waals surface area contributed by atoms with Crippen molar-refractivity contribution in [3.05, 3.63) is 107 Å². The fourth-order valence-corrected chi connectivity index (χ4v) is 2.83. The molecule has 3 aromatic carbocycles. The van der Waals surface area contributed by atoms with Crippen LogP contribution in [0.1, 0.15) is 54.7 Å². The van der Waals surface area contributed by atoms with Crippen molar-refractivity contribution in [1.82, 2.24) is 0 Å². The zero-order valence-corrected chi connectivity index (χ0v) is 27.3. The van der Waals surface area contributed by atoms with Gasteiger partial charge in [-0.3, -0.25) is 8.98 Å². The molecule has 0 aliphatic carbocycles. The molecule has 0 spiro atoms. The van der Waals surface area contributed by atoms with Gasteiger partial charge in [0.1, 0.15) is 13.2 Å². The third-order valence-electron chi connectivity index (χ3n) is 4.72. The van der Waals surface area contributed by atoms with Gasteiger partial charge in [0.15, 0.2) is 6.61 Å². The number of ether oxygens (including phenoxy) is 3. The van der Waals surface area contributed by atoms with E-state index in [9.17, 15) is 36.0 Å². The normalized spacial score (nSPS) is 9.85. The molecule has 0 bridgehead atoms. The Kier molecular flexibility index (Phi) is 23.4. The van der Waals surface area contributed by atoms with Gasteiger partial charge >= 0.3 is 33.5 Å². The summed E-state index contributed by atoms with van der Waals surface area (Å²) in [6.45, 7) is 9.03. The first-order chi connectivity index (χ1) is 21.7. The minimum absolute atomic E-state index is 0.168. The zero-order valence-electron chi connectivity index (χ0n) is 26.5. The summed E-state index contributed by atoms with van der Waals surface area (Å²) in [6.07, 6.45) is 1.25. The van der Waals surface area contributed by atoms with Crippen molar-refractivity contribution in [3.63, 3.8) is 0 Å². The summed E-state index contributed by atoms with van der Waals surface area (Å²) in [7, 11) is -4.89. The Bertz CT molecular complexity index is 1400. The molecule has 0 amide bonds. The molecule has 0 aliphatic rings. The van der Waals surface area contributed by atoms with E-state index in [0.717, 1.165) is 16.7 Å². The van der Waals surface area contributed by atoms with Crippen LogP contribution in [0.4, 0.5) is 13.2 Å². The number of rotatable bonds is 8. The highest BCUT2D eigenvalue weighted by Crippen LogP contribution is 2.23. The van der Waals surface area contributed by atoms with Crippen molar-refractivity contribution in [3.8, 4) is 0 Å². The van der Waals surface area contributed by atoms with Gasteiger partial charge in [-0.15, -0.1) is 0 Å². The van der Waals surface area contributed by atoms with Crippen LogP contribution in [0.2, 0.25) is 0 Å². The minimum Gasteiger partial charge on any atom is -0.461 e. The van der Waals surface area contributed by atoms with Crippen LogP contribution < -0.4 is 0 Å². The third-order valence-corrected chi connectivity index (χ3v) is 5.72. The lowest BCUT2D eigenvalue weighted by Gasteiger charge is -2.07. The number of carbonyl (C=O) groups excluding carboxylic acids is 3. The first-order valence-electron chi connectivity index (χ1n) is 13.6. The van der Waals surface area contributed by atoms with Crippen molar-refractivity contribution in [2.24, 2.45) is 0 Å². The predicted molar refractivity (Wildman–Crippen MR) is 167 cm³/mol.